The maximum Gasteiger partial charge on any atom is 0.487 e. The van der Waals surface area contributed by atoms with Gasteiger partial charge in [0.2, 0.25) is 0 Å². The van der Waals surface area contributed by atoms with Crippen LogP contribution in [-0.4, -0.2) is 25.8 Å². The summed E-state index contributed by atoms with van der Waals surface area (Å²) in [6.07, 6.45) is 6.89. The van der Waals surface area contributed by atoms with E-state index in [1.165, 1.54) is 47.2 Å². The van der Waals surface area contributed by atoms with Crippen molar-refractivity contribution in [2.75, 3.05) is 5.32 Å². The van der Waals surface area contributed by atoms with Crippen LogP contribution in [0.3, 0.4) is 0 Å². The number of alkyl halides is 3. The fourth-order valence-corrected chi connectivity index (χ4v) is 2.85. The van der Waals surface area contributed by atoms with E-state index in [0.717, 1.165) is 12.8 Å². The Kier molecular flexibility index (Phi) is 4.83. The van der Waals surface area contributed by atoms with Crippen LogP contribution >= 0.6 is 11.6 Å². The fraction of sp³-hybridized carbons (Fsp3) is 0.211. The highest BCUT2D eigenvalue weighted by Crippen LogP contribution is 2.34. The summed E-state index contributed by atoms with van der Waals surface area (Å²) in [7, 11) is 0. The molecular formula is C19H15ClF2N4O3. The van der Waals surface area contributed by atoms with Gasteiger partial charge in [-0.25, -0.2) is 0 Å². The number of anilines is 1. The van der Waals surface area contributed by atoms with E-state index in [9.17, 15) is 18.4 Å². The van der Waals surface area contributed by atoms with Gasteiger partial charge in [0.25, 0.3) is 11.5 Å². The predicted octanol–water partition coefficient (Wildman–Crippen LogP) is 3.79. The van der Waals surface area contributed by atoms with Crippen LogP contribution in [0.25, 0.3) is 5.69 Å². The van der Waals surface area contributed by atoms with Crippen LogP contribution in [0.1, 0.15) is 29.2 Å². The number of carbonyl (C=O) groups is 1. The number of nitrogens with one attached hydrogen (secondary N) is 1. The van der Waals surface area contributed by atoms with Crippen LogP contribution < -0.4 is 15.6 Å². The molecule has 150 valence electrons. The first-order valence-electron chi connectivity index (χ1n) is 8.73. The SMILES string of the molecule is O=C(Nc1ccc(OC(F)(F)Cl)cc1)c1ccc(=O)n(-c2cnn(C3CC3)c2)c1. The van der Waals surface area contributed by atoms with Gasteiger partial charge in [0, 0.05) is 35.7 Å². The van der Waals surface area contributed by atoms with E-state index in [0.29, 0.717) is 17.4 Å². The lowest BCUT2D eigenvalue weighted by Crippen LogP contribution is -2.20. The summed E-state index contributed by atoms with van der Waals surface area (Å²) in [5.74, 6) is -0.617. The molecule has 2 heterocycles. The molecule has 7 nitrogen and oxygen atoms in total. The Bertz CT molecular complexity index is 1100. The molecule has 0 unspecified atom stereocenters. The number of pyridine rings is 1. The lowest BCUT2D eigenvalue weighted by Gasteiger charge is -2.11. The van der Waals surface area contributed by atoms with Crippen LogP contribution in [0.5, 0.6) is 5.75 Å². The highest BCUT2D eigenvalue weighted by atomic mass is 35.5. The summed E-state index contributed by atoms with van der Waals surface area (Å²) >= 11 is 4.71. The van der Waals surface area contributed by atoms with Crippen LogP contribution in [0.15, 0.2) is 59.8 Å². The van der Waals surface area contributed by atoms with Gasteiger partial charge in [-0.05, 0) is 43.2 Å². The molecule has 1 N–H and O–H groups in total. The van der Waals surface area contributed by atoms with Crippen molar-refractivity contribution in [2.45, 2.75) is 24.5 Å². The normalized spacial score (nSPS) is 13.9. The summed E-state index contributed by atoms with van der Waals surface area (Å²) in [5, 5.41) is 6.88. The second-order valence-corrected chi connectivity index (χ2v) is 7.00. The number of hydrogen-bond acceptors (Lipinski definition) is 4. The van der Waals surface area contributed by atoms with Crippen molar-refractivity contribution < 1.29 is 18.3 Å². The minimum atomic E-state index is -3.81. The summed E-state index contributed by atoms with van der Waals surface area (Å²) < 4.78 is 32.7. The van der Waals surface area contributed by atoms with E-state index in [4.69, 9.17) is 11.6 Å². The zero-order valence-corrected chi connectivity index (χ0v) is 15.6. The van der Waals surface area contributed by atoms with Gasteiger partial charge in [0.1, 0.15) is 5.75 Å². The topological polar surface area (TPSA) is 78.2 Å². The minimum absolute atomic E-state index is 0.149. The molecule has 0 saturated heterocycles. The van der Waals surface area contributed by atoms with E-state index in [1.54, 1.807) is 12.4 Å². The molecule has 1 aromatic carbocycles. The molecule has 0 radical (unpaired) electrons. The van der Waals surface area contributed by atoms with Crippen molar-refractivity contribution in [3.63, 3.8) is 0 Å². The second kappa shape index (κ2) is 7.32. The number of halogens is 3. The van der Waals surface area contributed by atoms with E-state index >= 15 is 0 Å². The Labute approximate surface area is 168 Å². The standard InChI is InChI=1S/C19H15ClF2N4O3/c20-19(21,22)29-16-6-2-13(3-7-16)24-18(28)12-1-8-17(27)25(10-12)15-9-23-26(11-15)14-4-5-14/h1-3,6-11,14H,4-5H2,(H,24,28). The van der Waals surface area contributed by atoms with Gasteiger partial charge in [-0.2, -0.15) is 5.10 Å². The monoisotopic (exact) mass is 420 g/mol. The van der Waals surface area contributed by atoms with E-state index < -0.39 is 11.5 Å². The Balaban J connectivity index is 1.50. The lowest BCUT2D eigenvalue weighted by molar-refractivity contribution is -0.0964. The summed E-state index contributed by atoms with van der Waals surface area (Å²) in [4.78, 5) is 24.7. The van der Waals surface area contributed by atoms with Gasteiger partial charge in [-0.1, -0.05) is 0 Å². The molecule has 1 fully saturated rings. The Morgan fingerprint density at radius 1 is 1.17 bits per heavy atom. The zero-order valence-electron chi connectivity index (χ0n) is 14.9. The Hall–Kier alpha value is -3.20. The number of nitrogens with zero attached hydrogens (tertiary/aromatic N) is 3. The molecule has 4 rings (SSSR count). The highest BCUT2D eigenvalue weighted by Gasteiger charge is 2.27. The third kappa shape index (κ3) is 4.62. The van der Waals surface area contributed by atoms with E-state index in [1.807, 2.05) is 4.68 Å². The number of rotatable bonds is 6. The van der Waals surface area contributed by atoms with Crippen molar-refractivity contribution in [1.82, 2.24) is 14.3 Å². The van der Waals surface area contributed by atoms with Gasteiger partial charge in [0.15, 0.2) is 0 Å². The van der Waals surface area contributed by atoms with Crippen LogP contribution in [0, 0.1) is 0 Å². The van der Waals surface area contributed by atoms with Crippen molar-refractivity contribution in [3.8, 4) is 11.4 Å². The molecule has 10 heteroatoms. The molecule has 0 atom stereocenters. The number of hydrogen-bond donors (Lipinski definition) is 1. The summed E-state index contributed by atoms with van der Waals surface area (Å²) in [6.45, 7) is 0. The molecule has 2 aromatic heterocycles. The van der Waals surface area contributed by atoms with Crippen molar-refractivity contribution in [2.24, 2.45) is 0 Å². The van der Waals surface area contributed by atoms with Gasteiger partial charge in [-0.3, -0.25) is 18.8 Å². The average molecular weight is 421 g/mol. The van der Waals surface area contributed by atoms with Crippen molar-refractivity contribution in [3.05, 3.63) is 70.9 Å². The van der Waals surface area contributed by atoms with E-state index in [2.05, 4.69) is 15.2 Å². The molecule has 0 spiro atoms. The van der Waals surface area contributed by atoms with Crippen LogP contribution in [-0.2, 0) is 0 Å². The predicted molar refractivity (Wildman–Crippen MR) is 102 cm³/mol. The molecule has 1 aliphatic carbocycles. The highest BCUT2D eigenvalue weighted by molar-refractivity contribution is 6.20. The average Bonchev–Trinajstić information content (AvgIpc) is 3.40. The molecule has 3 aromatic rings. The molecule has 0 aliphatic heterocycles. The molecule has 1 saturated carbocycles. The number of ether oxygens (including phenoxy) is 1. The second-order valence-electron chi connectivity index (χ2n) is 6.56. The number of amides is 1. The molecular weight excluding hydrogens is 406 g/mol. The largest absolute Gasteiger partial charge is 0.487 e. The lowest BCUT2D eigenvalue weighted by atomic mass is 10.2. The van der Waals surface area contributed by atoms with Gasteiger partial charge in [-0.15, -0.1) is 8.78 Å². The third-order valence-corrected chi connectivity index (χ3v) is 4.38. The molecule has 1 aliphatic rings. The molecule has 1 amide bonds. The van der Waals surface area contributed by atoms with Crippen molar-refractivity contribution >= 4 is 23.2 Å². The maximum atomic E-state index is 12.6. The van der Waals surface area contributed by atoms with Gasteiger partial charge < -0.3 is 10.1 Å². The Morgan fingerprint density at radius 2 is 1.90 bits per heavy atom. The fourth-order valence-electron chi connectivity index (χ4n) is 2.76. The van der Waals surface area contributed by atoms with Crippen LogP contribution in [0.4, 0.5) is 14.5 Å². The first-order valence-corrected chi connectivity index (χ1v) is 9.11. The van der Waals surface area contributed by atoms with E-state index in [-0.39, 0.29) is 16.9 Å². The number of benzene rings is 1. The zero-order chi connectivity index (χ0) is 20.6. The third-order valence-electron chi connectivity index (χ3n) is 4.31. The smallest absolute Gasteiger partial charge is 0.420 e. The minimum Gasteiger partial charge on any atom is -0.420 e. The maximum absolute atomic E-state index is 12.6. The molecule has 0 bridgehead atoms. The van der Waals surface area contributed by atoms with Crippen LogP contribution in [0.2, 0.25) is 0 Å². The van der Waals surface area contributed by atoms with Crippen molar-refractivity contribution in [1.29, 1.82) is 0 Å². The first kappa shape index (κ1) is 19.1. The summed E-state index contributed by atoms with van der Waals surface area (Å²) in [6, 6.07) is 8.36. The molecule has 29 heavy (non-hydrogen) atoms. The summed E-state index contributed by atoms with van der Waals surface area (Å²) in [5.41, 5.74) is -2.93. The Morgan fingerprint density at radius 3 is 2.55 bits per heavy atom. The number of aromatic nitrogens is 3. The van der Waals surface area contributed by atoms with Gasteiger partial charge >= 0.3 is 5.57 Å². The quantitative estimate of drug-likeness (QED) is 0.615. The number of carbonyl (C=O) groups excluding carboxylic acids is 1. The van der Waals surface area contributed by atoms with Gasteiger partial charge in [0.05, 0.1) is 23.5 Å². The first-order chi connectivity index (χ1) is 13.8.